The fourth-order valence-corrected chi connectivity index (χ4v) is 2.90. The highest BCUT2D eigenvalue weighted by atomic mass is 79.9. The number of aryl methyl sites for hydroxylation is 2. The Morgan fingerprint density at radius 3 is 2.91 bits per heavy atom. The SMILES string of the molecule is C=CCn1c(C)nnc1SCC(=O)Nc1ccc(Br)c(C)c1. The lowest BCUT2D eigenvalue weighted by Gasteiger charge is -2.08. The number of hydrogen-bond donors (Lipinski definition) is 1. The topological polar surface area (TPSA) is 59.8 Å². The molecule has 0 spiro atoms. The number of thioether (sulfide) groups is 1. The first-order chi connectivity index (χ1) is 10.5. The molecule has 2 rings (SSSR count). The van der Waals surface area contributed by atoms with Gasteiger partial charge in [-0.1, -0.05) is 33.8 Å². The Hall–Kier alpha value is -1.60. The van der Waals surface area contributed by atoms with Crippen LogP contribution in [0, 0.1) is 13.8 Å². The summed E-state index contributed by atoms with van der Waals surface area (Å²) in [6.45, 7) is 8.21. The molecule has 5 nitrogen and oxygen atoms in total. The third kappa shape index (κ3) is 4.20. The van der Waals surface area contributed by atoms with Crippen molar-refractivity contribution in [1.29, 1.82) is 0 Å². The smallest absolute Gasteiger partial charge is 0.234 e. The van der Waals surface area contributed by atoms with Crippen molar-refractivity contribution >= 4 is 39.3 Å². The van der Waals surface area contributed by atoms with Crippen LogP contribution in [-0.4, -0.2) is 26.4 Å². The van der Waals surface area contributed by atoms with Gasteiger partial charge in [0.05, 0.1) is 5.75 Å². The monoisotopic (exact) mass is 380 g/mol. The largest absolute Gasteiger partial charge is 0.325 e. The summed E-state index contributed by atoms with van der Waals surface area (Å²) in [6.07, 6.45) is 1.78. The number of hydrogen-bond acceptors (Lipinski definition) is 4. The van der Waals surface area contributed by atoms with Gasteiger partial charge in [-0.25, -0.2) is 0 Å². The lowest BCUT2D eigenvalue weighted by molar-refractivity contribution is -0.113. The Labute approximate surface area is 142 Å². The summed E-state index contributed by atoms with van der Waals surface area (Å²) in [5, 5.41) is 11.7. The Morgan fingerprint density at radius 1 is 1.45 bits per heavy atom. The molecule has 7 heteroatoms. The van der Waals surface area contributed by atoms with Crippen LogP contribution in [0.1, 0.15) is 11.4 Å². The molecule has 0 atom stereocenters. The van der Waals surface area contributed by atoms with Crippen LogP contribution < -0.4 is 5.32 Å². The van der Waals surface area contributed by atoms with Gasteiger partial charge in [0.25, 0.3) is 0 Å². The van der Waals surface area contributed by atoms with Gasteiger partial charge >= 0.3 is 0 Å². The first-order valence-electron chi connectivity index (χ1n) is 6.70. The van der Waals surface area contributed by atoms with E-state index in [0.29, 0.717) is 6.54 Å². The van der Waals surface area contributed by atoms with E-state index in [1.807, 2.05) is 36.6 Å². The maximum atomic E-state index is 12.0. The van der Waals surface area contributed by atoms with E-state index in [9.17, 15) is 4.79 Å². The van der Waals surface area contributed by atoms with Gasteiger partial charge in [0.2, 0.25) is 5.91 Å². The number of carbonyl (C=O) groups is 1. The van der Waals surface area contributed by atoms with E-state index >= 15 is 0 Å². The molecular weight excluding hydrogens is 364 g/mol. The van der Waals surface area contributed by atoms with Crippen molar-refractivity contribution in [3.05, 3.63) is 46.7 Å². The van der Waals surface area contributed by atoms with Crippen LogP contribution in [0.3, 0.4) is 0 Å². The van der Waals surface area contributed by atoms with Crippen molar-refractivity contribution in [2.75, 3.05) is 11.1 Å². The zero-order valence-corrected chi connectivity index (χ0v) is 14.9. The maximum Gasteiger partial charge on any atom is 0.234 e. The van der Waals surface area contributed by atoms with E-state index in [-0.39, 0.29) is 11.7 Å². The van der Waals surface area contributed by atoms with Gasteiger partial charge in [-0.15, -0.1) is 16.8 Å². The second-order valence-corrected chi connectivity index (χ2v) is 6.53. The lowest BCUT2D eigenvalue weighted by atomic mass is 10.2. The highest BCUT2D eigenvalue weighted by Crippen LogP contribution is 2.21. The first-order valence-corrected chi connectivity index (χ1v) is 8.48. The first kappa shape index (κ1) is 16.8. The van der Waals surface area contributed by atoms with Crippen molar-refractivity contribution in [2.24, 2.45) is 0 Å². The van der Waals surface area contributed by atoms with Gasteiger partial charge < -0.3 is 9.88 Å². The summed E-state index contributed by atoms with van der Waals surface area (Å²) in [7, 11) is 0. The Bertz CT molecular complexity index is 699. The van der Waals surface area contributed by atoms with Crippen molar-refractivity contribution < 1.29 is 4.79 Å². The molecule has 0 radical (unpaired) electrons. The summed E-state index contributed by atoms with van der Waals surface area (Å²) in [4.78, 5) is 12.0. The van der Waals surface area contributed by atoms with Gasteiger partial charge in [0.15, 0.2) is 5.16 Å². The third-order valence-corrected chi connectivity index (χ3v) is 4.84. The average Bonchev–Trinajstić information content (AvgIpc) is 2.82. The lowest BCUT2D eigenvalue weighted by Crippen LogP contribution is -2.14. The fourth-order valence-electron chi connectivity index (χ4n) is 1.86. The number of rotatable bonds is 6. The van der Waals surface area contributed by atoms with Gasteiger partial charge in [-0.3, -0.25) is 4.79 Å². The third-order valence-electron chi connectivity index (χ3n) is 2.99. The van der Waals surface area contributed by atoms with E-state index in [4.69, 9.17) is 0 Å². The number of carbonyl (C=O) groups excluding carboxylic acids is 1. The minimum Gasteiger partial charge on any atom is -0.325 e. The summed E-state index contributed by atoms with van der Waals surface area (Å²) in [6, 6.07) is 5.71. The molecule has 0 aliphatic rings. The predicted octanol–water partition coefficient (Wildman–Crippen LogP) is 3.57. The molecule has 1 aromatic carbocycles. The zero-order chi connectivity index (χ0) is 16.1. The van der Waals surface area contributed by atoms with E-state index in [1.165, 1.54) is 11.8 Å². The van der Waals surface area contributed by atoms with Crippen LogP contribution in [-0.2, 0) is 11.3 Å². The fraction of sp³-hybridized carbons (Fsp3) is 0.267. The molecule has 1 heterocycles. The minimum absolute atomic E-state index is 0.0717. The van der Waals surface area contributed by atoms with Crippen molar-refractivity contribution in [1.82, 2.24) is 14.8 Å². The van der Waals surface area contributed by atoms with E-state index < -0.39 is 0 Å². The normalized spacial score (nSPS) is 10.5. The van der Waals surface area contributed by atoms with Crippen LogP contribution >= 0.6 is 27.7 Å². The second kappa shape index (κ2) is 7.60. The average molecular weight is 381 g/mol. The summed E-state index contributed by atoms with van der Waals surface area (Å²) in [5.74, 6) is 1.02. The molecule has 0 saturated heterocycles. The molecule has 2 aromatic rings. The predicted molar refractivity (Wildman–Crippen MR) is 93.2 cm³/mol. The Balaban J connectivity index is 1.95. The molecule has 0 unspecified atom stereocenters. The molecule has 0 bridgehead atoms. The molecule has 1 aromatic heterocycles. The van der Waals surface area contributed by atoms with Crippen molar-refractivity contribution in [3.63, 3.8) is 0 Å². The maximum absolute atomic E-state index is 12.0. The highest BCUT2D eigenvalue weighted by molar-refractivity contribution is 9.10. The number of amides is 1. The zero-order valence-electron chi connectivity index (χ0n) is 12.5. The molecule has 0 aliphatic carbocycles. The summed E-state index contributed by atoms with van der Waals surface area (Å²) < 4.78 is 2.95. The van der Waals surface area contributed by atoms with Crippen LogP contribution in [0.15, 0.2) is 40.5 Å². The molecule has 22 heavy (non-hydrogen) atoms. The summed E-state index contributed by atoms with van der Waals surface area (Å²) in [5.41, 5.74) is 1.86. The number of nitrogens with zero attached hydrogens (tertiary/aromatic N) is 3. The molecular formula is C15H17BrN4OS. The van der Waals surface area contributed by atoms with Gasteiger partial charge in [0.1, 0.15) is 5.82 Å². The number of nitrogens with one attached hydrogen (secondary N) is 1. The quantitative estimate of drug-likeness (QED) is 0.614. The second-order valence-electron chi connectivity index (χ2n) is 4.73. The van der Waals surface area contributed by atoms with Crippen LogP contribution in [0.5, 0.6) is 0 Å². The van der Waals surface area contributed by atoms with Gasteiger partial charge in [0, 0.05) is 16.7 Å². The molecule has 1 N–H and O–H groups in total. The van der Waals surface area contributed by atoms with Crippen molar-refractivity contribution in [3.8, 4) is 0 Å². The van der Waals surface area contributed by atoms with E-state index in [1.54, 1.807) is 6.08 Å². The number of anilines is 1. The standard InChI is InChI=1S/C15H17BrN4OS/c1-4-7-20-11(3)18-19-15(20)22-9-14(21)17-12-5-6-13(16)10(2)8-12/h4-6,8H,1,7,9H2,2-3H3,(H,17,21). The Morgan fingerprint density at radius 2 is 2.23 bits per heavy atom. The minimum atomic E-state index is -0.0717. The number of aromatic nitrogens is 3. The van der Waals surface area contributed by atoms with Crippen LogP contribution in [0.4, 0.5) is 5.69 Å². The molecule has 1 amide bonds. The molecule has 0 fully saturated rings. The summed E-state index contributed by atoms with van der Waals surface area (Å²) >= 11 is 4.80. The Kier molecular flexibility index (Phi) is 5.79. The van der Waals surface area contributed by atoms with Crippen LogP contribution in [0.25, 0.3) is 0 Å². The molecule has 0 saturated carbocycles. The van der Waals surface area contributed by atoms with E-state index in [2.05, 4.69) is 38.0 Å². The van der Waals surface area contributed by atoms with E-state index in [0.717, 1.165) is 26.7 Å². The van der Waals surface area contributed by atoms with Gasteiger partial charge in [-0.2, -0.15) is 0 Å². The molecule has 0 aliphatic heterocycles. The van der Waals surface area contributed by atoms with Gasteiger partial charge in [-0.05, 0) is 37.6 Å². The molecule has 116 valence electrons. The van der Waals surface area contributed by atoms with Crippen LogP contribution in [0.2, 0.25) is 0 Å². The van der Waals surface area contributed by atoms with Crippen molar-refractivity contribution in [2.45, 2.75) is 25.5 Å². The highest BCUT2D eigenvalue weighted by Gasteiger charge is 2.11. The number of benzene rings is 1. The number of halogens is 1. The number of allylic oxidation sites excluding steroid dienone is 1.